The van der Waals surface area contributed by atoms with Gasteiger partial charge < -0.3 is 15.0 Å². The van der Waals surface area contributed by atoms with Crippen molar-refractivity contribution in [3.63, 3.8) is 0 Å². The fourth-order valence-electron chi connectivity index (χ4n) is 3.22. The van der Waals surface area contributed by atoms with E-state index < -0.39 is 6.04 Å². The lowest BCUT2D eigenvalue weighted by Gasteiger charge is -2.33. The number of methoxy groups -OCH3 is 1. The molecular weight excluding hydrogens is 408 g/mol. The number of carbonyl (C=O) groups is 2. The van der Waals surface area contributed by atoms with Crippen LogP contribution in [0.3, 0.4) is 0 Å². The summed E-state index contributed by atoms with van der Waals surface area (Å²) in [5.41, 5.74) is 0.606. The Kier molecular flexibility index (Phi) is 9.44. The number of hydrogen-bond donors (Lipinski definition) is 1. The number of thioether (sulfide) groups is 1. The van der Waals surface area contributed by atoms with Gasteiger partial charge >= 0.3 is 0 Å². The van der Waals surface area contributed by atoms with Gasteiger partial charge in [-0.3, -0.25) is 9.59 Å². The lowest BCUT2D eigenvalue weighted by atomic mass is 10.1. The highest BCUT2D eigenvalue weighted by molar-refractivity contribution is 7.99. The first-order chi connectivity index (χ1) is 14.7. The number of nitrogens with one attached hydrogen (secondary N) is 1. The van der Waals surface area contributed by atoms with Gasteiger partial charge in [0.2, 0.25) is 11.8 Å². The second-order valence-corrected chi connectivity index (χ2v) is 9.61. The molecule has 5 nitrogen and oxygen atoms in total. The topological polar surface area (TPSA) is 58.6 Å². The minimum Gasteiger partial charge on any atom is -0.497 e. The van der Waals surface area contributed by atoms with E-state index in [1.54, 1.807) is 23.8 Å². The number of amides is 2. The van der Waals surface area contributed by atoms with Gasteiger partial charge in [-0.2, -0.15) is 0 Å². The van der Waals surface area contributed by atoms with E-state index in [0.29, 0.717) is 25.1 Å². The molecule has 0 aliphatic carbocycles. The number of rotatable bonds is 10. The Morgan fingerprint density at radius 1 is 1.06 bits per heavy atom. The maximum absolute atomic E-state index is 13.2. The van der Waals surface area contributed by atoms with Gasteiger partial charge in [0.1, 0.15) is 11.8 Å². The fraction of sp³-hybridized carbons (Fsp3) is 0.440. The minimum absolute atomic E-state index is 0.0184. The van der Waals surface area contributed by atoms with Crippen molar-refractivity contribution in [1.29, 1.82) is 0 Å². The average molecular weight is 443 g/mol. The second kappa shape index (κ2) is 11.8. The first kappa shape index (κ1) is 24.8. The standard InChI is InChI=1S/C25H34N2O3S/c1-6-22(24(29)26-25(2,3)4)27(18-19-12-14-20(30-5)15-13-19)23(28)16-17-31-21-10-8-7-9-11-21/h7-15,22H,6,16-18H2,1-5H3,(H,26,29)/t22-/m0/s1. The molecule has 0 fully saturated rings. The molecule has 168 valence electrons. The molecule has 1 atom stereocenters. The van der Waals surface area contributed by atoms with Gasteiger partial charge in [-0.1, -0.05) is 37.3 Å². The van der Waals surface area contributed by atoms with E-state index in [1.165, 1.54) is 0 Å². The molecule has 31 heavy (non-hydrogen) atoms. The van der Waals surface area contributed by atoms with Gasteiger partial charge in [0.15, 0.2) is 0 Å². The molecule has 0 bridgehead atoms. The molecule has 0 heterocycles. The SMILES string of the molecule is CC[C@@H](C(=O)NC(C)(C)C)N(Cc1ccc(OC)cc1)C(=O)CCSc1ccccc1. The summed E-state index contributed by atoms with van der Waals surface area (Å²) < 4.78 is 5.23. The van der Waals surface area contributed by atoms with Crippen LogP contribution in [0.5, 0.6) is 5.75 Å². The third-order valence-corrected chi connectivity index (χ3v) is 5.74. The van der Waals surface area contributed by atoms with E-state index >= 15 is 0 Å². The summed E-state index contributed by atoms with van der Waals surface area (Å²) in [6, 6.07) is 17.1. The molecule has 2 amide bonds. The highest BCUT2D eigenvalue weighted by Crippen LogP contribution is 2.21. The minimum atomic E-state index is -0.518. The van der Waals surface area contributed by atoms with E-state index in [9.17, 15) is 9.59 Å². The van der Waals surface area contributed by atoms with Crippen molar-refractivity contribution < 1.29 is 14.3 Å². The summed E-state index contributed by atoms with van der Waals surface area (Å²) in [4.78, 5) is 29.1. The first-order valence-electron chi connectivity index (χ1n) is 10.7. The lowest BCUT2D eigenvalue weighted by molar-refractivity contribution is -0.141. The molecule has 0 unspecified atom stereocenters. The van der Waals surface area contributed by atoms with Gasteiger partial charge in [0.05, 0.1) is 7.11 Å². The van der Waals surface area contributed by atoms with E-state index in [2.05, 4.69) is 5.32 Å². The Balaban J connectivity index is 2.15. The van der Waals surface area contributed by atoms with Gasteiger partial charge in [0, 0.05) is 29.2 Å². The van der Waals surface area contributed by atoms with Gasteiger partial charge in [0.25, 0.3) is 0 Å². The van der Waals surface area contributed by atoms with Crippen molar-refractivity contribution in [2.45, 2.75) is 63.6 Å². The van der Waals surface area contributed by atoms with E-state index in [0.717, 1.165) is 16.2 Å². The van der Waals surface area contributed by atoms with Crippen molar-refractivity contribution in [1.82, 2.24) is 10.2 Å². The fourth-order valence-corrected chi connectivity index (χ4v) is 4.08. The predicted molar refractivity (Wildman–Crippen MR) is 127 cm³/mol. The van der Waals surface area contributed by atoms with Crippen LogP contribution in [0.15, 0.2) is 59.5 Å². The highest BCUT2D eigenvalue weighted by Gasteiger charge is 2.30. The number of hydrogen-bond acceptors (Lipinski definition) is 4. The molecule has 0 saturated heterocycles. The zero-order valence-electron chi connectivity index (χ0n) is 19.2. The van der Waals surface area contributed by atoms with Crippen molar-refractivity contribution in [3.05, 3.63) is 60.2 Å². The quantitative estimate of drug-likeness (QED) is 0.532. The van der Waals surface area contributed by atoms with Crippen LogP contribution in [0, 0.1) is 0 Å². The molecule has 2 rings (SSSR count). The van der Waals surface area contributed by atoms with Crippen LogP contribution in [0.4, 0.5) is 0 Å². The molecule has 0 aliphatic heterocycles. The van der Waals surface area contributed by atoms with Crippen LogP contribution < -0.4 is 10.1 Å². The Labute approximate surface area is 190 Å². The zero-order chi connectivity index (χ0) is 22.9. The van der Waals surface area contributed by atoms with Crippen LogP contribution in [-0.2, 0) is 16.1 Å². The molecule has 2 aromatic rings. The number of carbonyl (C=O) groups excluding carboxylic acids is 2. The summed E-state index contributed by atoms with van der Waals surface area (Å²) in [5, 5.41) is 3.03. The average Bonchev–Trinajstić information content (AvgIpc) is 2.73. The zero-order valence-corrected chi connectivity index (χ0v) is 20.0. The normalized spacial score (nSPS) is 12.2. The summed E-state index contributed by atoms with van der Waals surface area (Å²) in [6.07, 6.45) is 0.921. The monoisotopic (exact) mass is 442 g/mol. The van der Waals surface area contributed by atoms with Gasteiger partial charge in [-0.05, 0) is 57.0 Å². The molecule has 0 saturated carbocycles. The smallest absolute Gasteiger partial charge is 0.243 e. The van der Waals surface area contributed by atoms with E-state index in [1.807, 2.05) is 82.3 Å². The maximum atomic E-state index is 13.2. The summed E-state index contributed by atoms with van der Waals surface area (Å²) in [6.45, 7) is 8.17. The van der Waals surface area contributed by atoms with Crippen LogP contribution in [-0.4, -0.2) is 41.2 Å². The molecule has 2 aromatic carbocycles. The maximum Gasteiger partial charge on any atom is 0.243 e. The number of nitrogens with zero attached hydrogens (tertiary/aromatic N) is 1. The molecule has 0 aliphatic rings. The van der Waals surface area contributed by atoms with Crippen LogP contribution in [0.1, 0.15) is 46.1 Å². The van der Waals surface area contributed by atoms with Crippen LogP contribution in [0.25, 0.3) is 0 Å². The third-order valence-electron chi connectivity index (χ3n) is 4.72. The Morgan fingerprint density at radius 2 is 1.71 bits per heavy atom. The van der Waals surface area contributed by atoms with Crippen molar-refractivity contribution in [3.8, 4) is 5.75 Å². The third kappa shape index (κ3) is 8.29. The molecule has 0 radical (unpaired) electrons. The summed E-state index contributed by atoms with van der Waals surface area (Å²) in [5.74, 6) is 1.29. The van der Waals surface area contributed by atoms with Crippen molar-refractivity contribution in [2.24, 2.45) is 0 Å². The first-order valence-corrected chi connectivity index (χ1v) is 11.6. The Hall–Kier alpha value is -2.47. The lowest BCUT2D eigenvalue weighted by Crippen LogP contribution is -2.53. The molecule has 0 spiro atoms. The predicted octanol–water partition coefficient (Wildman–Crippen LogP) is 4.90. The van der Waals surface area contributed by atoms with E-state index in [4.69, 9.17) is 4.74 Å². The van der Waals surface area contributed by atoms with Crippen molar-refractivity contribution >= 4 is 23.6 Å². The van der Waals surface area contributed by atoms with Crippen molar-refractivity contribution in [2.75, 3.05) is 12.9 Å². The van der Waals surface area contributed by atoms with E-state index in [-0.39, 0.29) is 17.4 Å². The van der Waals surface area contributed by atoms with Crippen LogP contribution in [0.2, 0.25) is 0 Å². The molecule has 1 N–H and O–H groups in total. The van der Waals surface area contributed by atoms with Gasteiger partial charge in [-0.25, -0.2) is 0 Å². The van der Waals surface area contributed by atoms with Gasteiger partial charge in [-0.15, -0.1) is 11.8 Å². The number of ether oxygens (including phenoxy) is 1. The largest absolute Gasteiger partial charge is 0.497 e. The molecular formula is C25H34N2O3S. The summed E-state index contributed by atoms with van der Waals surface area (Å²) in [7, 11) is 1.62. The van der Waals surface area contributed by atoms with Crippen LogP contribution >= 0.6 is 11.8 Å². The number of benzene rings is 2. The highest BCUT2D eigenvalue weighted by atomic mass is 32.2. The second-order valence-electron chi connectivity index (χ2n) is 8.44. The molecule has 6 heteroatoms. The Bertz CT molecular complexity index is 832. The molecule has 0 aromatic heterocycles. The Morgan fingerprint density at radius 3 is 2.26 bits per heavy atom. The summed E-state index contributed by atoms with van der Waals surface area (Å²) >= 11 is 1.65.